The lowest BCUT2D eigenvalue weighted by molar-refractivity contribution is -0.115. The molecule has 0 spiro atoms. The van der Waals surface area contributed by atoms with Crippen LogP contribution in [-0.4, -0.2) is 11.2 Å². The maximum Gasteiger partial charge on any atom is 0.237 e. The van der Waals surface area contributed by atoms with Gasteiger partial charge in [0.1, 0.15) is 0 Å². The van der Waals surface area contributed by atoms with E-state index in [-0.39, 0.29) is 11.2 Å². The Morgan fingerprint density at radius 3 is 2.40 bits per heavy atom. The average Bonchev–Trinajstić information content (AvgIpc) is 2.44. The van der Waals surface area contributed by atoms with E-state index in [1.165, 1.54) is 11.1 Å². The molecule has 0 aliphatic rings. The summed E-state index contributed by atoms with van der Waals surface area (Å²) in [5, 5.41) is 2.80. The number of carbonyl (C=O) groups excluding carboxylic acids is 1. The third kappa shape index (κ3) is 3.87. The Bertz CT molecular complexity index is 595. The van der Waals surface area contributed by atoms with E-state index < -0.39 is 0 Å². The zero-order valence-corrected chi connectivity index (χ0v) is 12.8. The molecule has 20 heavy (non-hydrogen) atoms. The van der Waals surface area contributed by atoms with Gasteiger partial charge in [0.25, 0.3) is 0 Å². The second-order valence-electron chi connectivity index (χ2n) is 4.86. The van der Waals surface area contributed by atoms with E-state index in [0.29, 0.717) is 0 Å². The van der Waals surface area contributed by atoms with E-state index >= 15 is 0 Å². The van der Waals surface area contributed by atoms with Gasteiger partial charge in [0, 0.05) is 10.6 Å². The van der Waals surface area contributed by atoms with Crippen molar-refractivity contribution in [2.45, 2.75) is 30.9 Å². The summed E-state index contributed by atoms with van der Waals surface area (Å²) in [5.41, 5.74) is 3.37. The van der Waals surface area contributed by atoms with Crippen LogP contribution in [0.1, 0.15) is 18.1 Å². The highest BCUT2D eigenvalue weighted by Gasteiger charge is 2.14. The number of benzene rings is 2. The van der Waals surface area contributed by atoms with Gasteiger partial charge < -0.3 is 5.32 Å². The summed E-state index contributed by atoms with van der Waals surface area (Å²) in [6.45, 7) is 6.11. The Morgan fingerprint density at radius 1 is 1.05 bits per heavy atom. The van der Waals surface area contributed by atoms with Crippen molar-refractivity contribution in [1.29, 1.82) is 0 Å². The lowest BCUT2D eigenvalue weighted by Crippen LogP contribution is -2.22. The van der Waals surface area contributed by atoms with Gasteiger partial charge in [-0.15, -0.1) is 11.8 Å². The predicted molar refractivity (Wildman–Crippen MR) is 86.3 cm³/mol. The smallest absolute Gasteiger partial charge is 0.237 e. The standard InChI is InChI=1S/C17H19NOS/c1-12-9-10-16(11-13(12)2)20-14(3)17(19)18-15-7-5-4-6-8-15/h4-11,14H,1-3H3,(H,18,19). The number of carbonyl (C=O) groups is 1. The molecule has 0 aliphatic heterocycles. The van der Waals surface area contributed by atoms with Crippen LogP contribution in [0.15, 0.2) is 53.4 Å². The van der Waals surface area contributed by atoms with E-state index in [1.54, 1.807) is 11.8 Å². The van der Waals surface area contributed by atoms with Gasteiger partial charge in [-0.1, -0.05) is 24.3 Å². The van der Waals surface area contributed by atoms with Crippen molar-refractivity contribution in [3.63, 3.8) is 0 Å². The number of amides is 1. The number of hydrogen-bond donors (Lipinski definition) is 1. The third-order valence-corrected chi connectivity index (χ3v) is 4.30. The molecule has 0 heterocycles. The van der Waals surface area contributed by atoms with Crippen molar-refractivity contribution < 1.29 is 4.79 Å². The lowest BCUT2D eigenvalue weighted by Gasteiger charge is -2.13. The molecule has 0 bridgehead atoms. The van der Waals surface area contributed by atoms with Gasteiger partial charge >= 0.3 is 0 Å². The van der Waals surface area contributed by atoms with E-state index in [1.807, 2.05) is 37.3 Å². The van der Waals surface area contributed by atoms with E-state index in [9.17, 15) is 4.79 Å². The first-order valence-electron chi connectivity index (χ1n) is 6.66. The number of hydrogen-bond acceptors (Lipinski definition) is 2. The highest BCUT2D eigenvalue weighted by molar-refractivity contribution is 8.00. The Labute approximate surface area is 124 Å². The van der Waals surface area contributed by atoms with Gasteiger partial charge in [-0.05, 0) is 56.2 Å². The zero-order chi connectivity index (χ0) is 14.5. The second-order valence-corrected chi connectivity index (χ2v) is 6.28. The van der Waals surface area contributed by atoms with Crippen molar-refractivity contribution in [3.05, 3.63) is 59.7 Å². The van der Waals surface area contributed by atoms with E-state index in [4.69, 9.17) is 0 Å². The minimum absolute atomic E-state index is 0.0272. The van der Waals surface area contributed by atoms with Crippen molar-refractivity contribution in [3.8, 4) is 0 Å². The topological polar surface area (TPSA) is 29.1 Å². The Hall–Kier alpha value is -1.74. The number of aryl methyl sites for hydroxylation is 2. The monoisotopic (exact) mass is 285 g/mol. The number of para-hydroxylation sites is 1. The maximum absolute atomic E-state index is 12.1. The lowest BCUT2D eigenvalue weighted by atomic mass is 10.1. The molecule has 2 rings (SSSR count). The number of thioether (sulfide) groups is 1. The molecule has 2 aromatic carbocycles. The van der Waals surface area contributed by atoms with Crippen LogP contribution >= 0.6 is 11.8 Å². The van der Waals surface area contributed by atoms with Crippen LogP contribution in [0.4, 0.5) is 5.69 Å². The molecule has 0 fully saturated rings. The van der Waals surface area contributed by atoms with Gasteiger partial charge in [0.15, 0.2) is 0 Å². The molecule has 0 radical (unpaired) electrons. The van der Waals surface area contributed by atoms with E-state index in [0.717, 1.165) is 10.6 Å². The summed E-state index contributed by atoms with van der Waals surface area (Å²) in [6, 6.07) is 15.8. The molecule has 0 saturated carbocycles. The minimum Gasteiger partial charge on any atom is -0.325 e. The highest BCUT2D eigenvalue weighted by atomic mass is 32.2. The van der Waals surface area contributed by atoms with Crippen LogP contribution in [0.25, 0.3) is 0 Å². The number of rotatable bonds is 4. The molecular weight excluding hydrogens is 266 g/mol. The molecule has 104 valence electrons. The summed E-state index contributed by atoms with van der Waals surface area (Å²) < 4.78 is 0. The zero-order valence-electron chi connectivity index (χ0n) is 12.0. The van der Waals surface area contributed by atoms with Crippen LogP contribution in [-0.2, 0) is 4.79 Å². The first-order chi connectivity index (χ1) is 9.56. The van der Waals surface area contributed by atoms with Gasteiger partial charge in [-0.2, -0.15) is 0 Å². The minimum atomic E-state index is -0.127. The Balaban J connectivity index is 1.98. The maximum atomic E-state index is 12.1. The molecule has 0 aromatic heterocycles. The molecule has 2 aromatic rings. The van der Waals surface area contributed by atoms with Crippen LogP contribution in [0, 0.1) is 13.8 Å². The normalized spacial score (nSPS) is 11.9. The average molecular weight is 285 g/mol. The molecule has 0 aliphatic carbocycles. The fourth-order valence-corrected chi connectivity index (χ4v) is 2.78. The molecular formula is C17H19NOS. The largest absolute Gasteiger partial charge is 0.325 e. The SMILES string of the molecule is Cc1ccc(SC(C)C(=O)Nc2ccccc2)cc1C. The first-order valence-corrected chi connectivity index (χ1v) is 7.54. The predicted octanol–water partition coefficient (Wildman–Crippen LogP) is 4.42. The van der Waals surface area contributed by atoms with Crippen molar-refractivity contribution in [1.82, 2.24) is 0 Å². The quantitative estimate of drug-likeness (QED) is 0.842. The fourth-order valence-electron chi connectivity index (χ4n) is 1.81. The van der Waals surface area contributed by atoms with Crippen LogP contribution in [0.5, 0.6) is 0 Å². The summed E-state index contributed by atoms with van der Waals surface area (Å²) in [6.07, 6.45) is 0. The molecule has 1 unspecified atom stereocenters. The Morgan fingerprint density at radius 2 is 1.75 bits per heavy atom. The molecule has 1 atom stereocenters. The van der Waals surface area contributed by atoms with Gasteiger partial charge in [0.2, 0.25) is 5.91 Å². The Kier molecular flexibility index (Phi) is 4.85. The molecule has 2 nitrogen and oxygen atoms in total. The highest BCUT2D eigenvalue weighted by Crippen LogP contribution is 2.26. The molecule has 3 heteroatoms. The fraction of sp³-hybridized carbons (Fsp3) is 0.235. The number of nitrogens with one attached hydrogen (secondary N) is 1. The summed E-state index contributed by atoms with van der Waals surface area (Å²) in [4.78, 5) is 13.3. The second kappa shape index (κ2) is 6.62. The van der Waals surface area contributed by atoms with E-state index in [2.05, 4.69) is 37.4 Å². The van der Waals surface area contributed by atoms with Crippen molar-refractivity contribution in [2.75, 3.05) is 5.32 Å². The third-order valence-electron chi connectivity index (χ3n) is 3.20. The summed E-state index contributed by atoms with van der Waals surface area (Å²) in [5.74, 6) is 0.0272. The molecule has 1 amide bonds. The molecule has 0 saturated heterocycles. The van der Waals surface area contributed by atoms with Crippen LogP contribution in [0.2, 0.25) is 0 Å². The first kappa shape index (κ1) is 14.7. The summed E-state index contributed by atoms with van der Waals surface area (Å²) in [7, 11) is 0. The van der Waals surface area contributed by atoms with Crippen molar-refractivity contribution in [2.24, 2.45) is 0 Å². The van der Waals surface area contributed by atoms with Crippen molar-refractivity contribution >= 4 is 23.4 Å². The van der Waals surface area contributed by atoms with Crippen LogP contribution < -0.4 is 5.32 Å². The van der Waals surface area contributed by atoms with Gasteiger partial charge in [0.05, 0.1) is 5.25 Å². The van der Waals surface area contributed by atoms with Gasteiger partial charge in [-0.3, -0.25) is 4.79 Å². The van der Waals surface area contributed by atoms with Crippen LogP contribution in [0.3, 0.4) is 0 Å². The van der Waals surface area contributed by atoms with Gasteiger partial charge in [-0.25, -0.2) is 0 Å². The molecule has 1 N–H and O–H groups in total. The summed E-state index contributed by atoms with van der Waals surface area (Å²) >= 11 is 1.58. The number of anilines is 1.